The summed E-state index contributed by atoms with van der Waals surface area (Å²) in [5, 5.41) is 105. The Balaban J connectivity index is 1.15. The Morgan fingerprint density at radius 1 is 0.741 bits per heavy atom. The lowest BCUT2D eigenvalue weighted by Gasteiger charge is -2.71. The number of carbonyl (C=O) groups excluding carboxylic acids is 1. The molecule has 2 saturated heterocycles. The highest BCUT2D eigenvalue weighted by Crippen LogP contribution is 2.76. The molecule has 7 aliphatic rings. The second-order valence-corrected chi connectivity index (χ2v) is 20.3. The van der Waals surface area contributed by atoms with Gasteiger partial charge in [-0.1, -0.05) is 39.3 Å². The molecular formula is C42H66O16. The maximum atomic E-state index is 14.8. The van der Waals surface area contributed by atoms with Crippen molar-refractivity contribution in [1.82, 2.24) is 0 Å². The molecule has 0 bridgehead atoms. The quantitative estimate of drug-likeness (QED) is 0.117. The predicted molar refractivity (Wildman–Crippen MR) is 201 cm³/mol. The van der Waals surface area contributed by atoms with Crippen molar-refractivity contribution < 1.29 is 79.6 Å². The van der Waals surface area contributed by atoms with Crippen molar-refractivity contribution >= 4 is 11.9 Å². The average Bonchev–Trinajstić information content (AvgIpc) is 3.19. The Kier molecular flexibility index (Phi) is 11.6. The molecule has 6 fully saturated rings. The number of aliphatic carboxylic acids is 1. The van der Waals surface area contributed by atoms with Crippen LogP contribution >= 0.6 is 0 Å². The average molecular weight is 827 g/mol. The van der Waals surface area contributed by atoms with Gasteiger partial charge in [-0.3, -0.25) is 9.59 Å². The molecule has 0 amide bonds. The van der Waals surface area contributed by atoms with Crippen molar-refractivity contribution in [2.75, 3.05) is 19.8 Å². The van der Waals surface area contributed by atoms with Crippen molar-refractivity contribution in [1.29, 1.82) is 0 Å². The first-order valence-electron chi connectivity index (χ1n) is 21.1. The second-order valence-electron chi connectivity index (χ2n) is 20.3. The van der Waals surface area contributed by atoms with Crippen molar-refractivity contribution in [3.8, 4) is 0 Å². The number of hydrogen-bond donors (Lipinski definition) is 10. The van der Waals surface area contributed by atoms with E-state index in [4.69, 9.17) is 18.9 Å². The van der Waals surface area contributed by atoms with Crippen LogP contribution < -0.4 is 0 Å². The fourth-order valence-corrected chi connectivity index (χ4v) is 13.4. The molecule has 0 aromatic rings. The lowest BCUT2D eigenvalue weighted by molar-refractivity contribution is -0.328. The summed E-state index contributed by atoms with van der Waals surface area (Å²) in [6.07, 6.45) is -9.48. The molecular weight excluding hydrogens is 760 g/mol. The molecule has 2 heterocycles. The lowest BCUT2D eigenvalue weighted by atomic mass is 9.33. The van der Waals surface area contributed by atoms with Crippen LogP contribution in [-0.4, -0.2) is 150 Å². The number of esters is 1. The number of carbonyl (C=O) groups is 2. The Labute approximate surface area is 339 Å². The molecule has 16 nitrogen and oxygen atoms in total. The fraction of sp³-hybridized carbons (Fsp3) is 0.905. The Hall–Kier alpha value is -1.80. The number of fused-ring (bicyclic) bond motifs is 7. The number of allylic oxidation sites excluding steroid dienone is 2. The SMILES string of the molecule is CC1(CO)CCC2(C(=O)O[C@@H]3O[C@H](CO[C@@H]4O[C@H](CO)[C@@H](O)[C@H](O)[C@H]4O)[C@@H](O)[C@H](O)[C@H]3O)CCC3(C)C(=CCC4C5(C)CCC(O)C(C)(C(=O)O)C5CCC43C)C2C1. The van der Waals surface area contributed by atoms with Crippen molar-refractivity contribution in [3.05, 3.63) is 11.6 Å². The summed E-state index contributed by atoms with van der Waals surface area (Å²) in [4.78, 5) is 27.6. The molecule has 16 heteroatoms. The summed E-state index contributed by atoms with van der Waals surface area (Å²) in [5.74, 6) is -2.06. The predicted octanol–water partition coefficient (Wildman–Crippen LogP) is 0.353. The Morgan fingerprint density at radius 3 is 2.00 bits per heavy atom. The summed E-state index contributed by atoms with van der Waals surface area (Å²) in [6.45, 7) is 9.18. The summed E-state index contributed by atoms with van der Waals surface area (Å²) in [6, 6.07) is 0. The summed E-state index contributed by atoms with van der Waals surface area (Å²) < 4.78 is 22.9. The molecule has 4 saturated carbocycles. The standard InChI is InChI=1S/C42H66O16/c1-37(19-44)12-14-42(36(54)58-34-32(51)30(49)28(47)23(57-34)18-55-33-31(50)29(48)27(46)22(17-43)56-33)15-13-39(3)20(21(42)16-37)6-7-24-38(2)10-9-26(45)41(5,35(52)53)25(38)8-11-40(24,39)4/h6,21-34,43-51H,7-19H2,1-5H3,(H,52,53)/t21?,22-,23-,24?,25?,26?,27-,28-,29+,30+,31-,32-,33-,34+,37?,38?,39?,40?,41?,42?/m1/s1. The Morgan fingerprint density at radius 2 is 1.36 bits per heavy atom. The molecule has 7 rings (SSSR count). The molecule has 2 aliphatic heterocycles. The van der Waals surface area contributed by atoms with Gasteiger partial charge in [0.2, 0.25) is 6.29 Å². The van der Waals surface area contributed by atoms with Crippen LogP contribution in [0.3, 0.4) is 0 Å². The van der Waals surface area contributed by atoms with E-state index in [0.29, 0.717) is 57.8 Å². The van der Waals surface area contributed by atoms with Crippen LogP contribution in [-0.2, 0) is 28.5 Å². The topological polar surface area (TPSA) is 273 Å². The monoisotopic (exact) mass is 826 g/mol. The van der Waals surface area contributed by atoms with Gasteiger partial charge in [-0.25, -0.2) is 0 Å². The van der Waals surface area contributed by atoms with E-state index in [1.54, 1.807) is 6.92 Å². The molecule has 10 N–H and O–H groups in total. The number of hydrogen-bond acceptors (Lipinski definition) is 15. The third-order valence-electron chi connectivity index (χ3n) is 17.6. The third-order valence-corrected chi connectivity index (χ3v) is 17.6. The summed E-state index contributed by atoms with van der Waals surface area (Å²) in [5.41, 5.74) is -2.73. The zero-order valence-electron chi connectivity index (χ0n) is 34.3. The van der Waals surface area contributed by atoms with Crippen molar-refractivity contribution in [2.45, 2.75) is 166 Å². The molecule has 5 aliphatic carbocycles. The normalized spacial score (nSPS) is 54.2. The zero-order valence-corrected chi connectivity index (χ0v) is 34.3. The van der Waals surface area contributed by atoms with E-state index in [9.17, 15) is 60.7 Å². The number of carboxylic acids is 1. The maximum absolute atomic E-state index is 14.8. The molecule has 58 heavy (non-hydrogen) atoms. The van der Waals surface area contributed by atoms with E-state index >= 15 is 0 Å². The van der Waals surface area contributed by atoms with Gasteiger partial charge in [0.05, 0.1) is 30.1 Å². The van der Waals surface area contributed by atoms with E-state index in [1.807, 2.05) is 6.92 Å². The van der Waals surface area contributed by atoms with E-state index in [2.05, 4.69) is 26.8 Å². The van der Waals surface area contributed by atoms with E-state index < -0.39 is 114 Å². The van der Waals surface area contributed by atoms with Gasteiger partial charge in [-0.2, -0.15) is 0 Å². The second kappa shape index (κ2) is 15.2. The van der Waals surface area contributed by atoms with Crippen LogP contribution in [0.15, 0.2) is 11.6 Å². The molecule has 20 atom stereocenters. The van der Waals surface area contributed by atoms with Crippen LogP contribution in [0.2, 0.25) is 0 Å². The third kappa shape index (κ3) is 6.37. The van der Waals surface area contributed by atoms with Gasteiger partial charge < -0.3 is 70.0 Å². The molecule has 0 radical (unpaired) electrons. The highest BCUT2D eigenvalue weighted by atomic mass is 16.7. The van der Waals surface area contributed by atoms with E-state index in [1.165, 1.54) is 0 Å². The number of carboxylic acid groups (broad SMARTS) is 1. The molecule has 0 spiro atoms. The van der Waals surface area contributed by atoms with Gasteiger partial charge in [0.15, 0.2) is 6.29 Å². The Bertz CT molecular complexity index is 1610. The van der Waals surface area contributed by atoms with Crippen LogP contribution in [0, 0.1) is 50.2 Å². The molecule has 0 aromatic carbocycles. The summed E-state index contributed by atoms with van der Waals surface area (Å²) >= 11 is 0. The minimum absolute atomic E-state index is 0.0843. The first kappa shape index (κ1) is 44.3. The number of ether oxygens (including phenoxy) is 4. The van der Waals surface area contributed by atoms with Crippen molar-refractivity contribution in [2.24, 2.45) is 50.2 Å². The smallest absolute Gasteiger partial charge is 0.315 e. The van der Waals surface area contributed by atoms with Gasteiger partial charge in [-0.15, -0.1) is 0 Å². The van der Waals surface area contributed by atoms with Gasteiger partial charge in [0, 0.05) is 6.61 Å². The van der Waals surface area contributed by atoms with Gasteiger partial charge in [0.1, 0.15) is 48.8 Å². The van der Waals surface area contributed by atoms with Gasteiger partial charge in [0.25, 0.3) is 0 Å². The molecule has 0 aromatic heterocycles. The lowest BCUT2D eigenvalue weighted by Crippen LogP contribution is -2.66. The minimum atomic E-state index is -1.84. The van der Waals surface area contributed by atoms with Gasteiger partial charge in [-0.05, 0) is 111 Å². The number of aliphatic hydroxyl groups excluding tert-OH is 9. The maximum Gasteiger partial charge on any atom is 0.315 e. The largest absolute Gasteiger partial charge is 0.481 e. The van der Waals surface area contributed by atoms with Crippen LogP contribution in [0.1, 0.15) is 98.8 Å². The van der Waals surface area contributed by atoms with Gasteiger partial charge >= 0.3 is 11.9 Å². The highest BCUT2D eigenvalue weighted by Gasteiger charge is 2.71. The van der Waals surface area contributed by atoms with Crippen molar-refractivity contribution in [3.63, 3.8) is 0 Å². The number of aliphatic hydroxyl groups is 9. The van der Waals surface area contributed by atoms with E-state index in [0.717, 1.165) is 12.0 Å². The number of rotatable bonds is 8. The van der Waals surface area contributed by atoms with Crippen LogP contribution in [0.25, 0.3) is 0 Å². The van der Waals surface area contributed by atoms with Crippen LogP contribution in [0.5, 0.6) is 0 Å². The first-order valence-corrected chi connectivity index (χ1v) is 21.1. The van der Waals surface area contributed by atoms with Crippen LogP contribution in [0.4, 0.5) is 0 Å². The van der Waals surface area contributed by atoms with E-state index in [-0.39, 0.29) is 35.2 Å². The fourth-order valence-electron chi connectivity index (χ4n) is 13.4. The summed E-state index contributed by atoms with van der Waals surface area (Å²) in [7, 11) is 0. The highest BCUT2D eigenvalue weighted by molar-refractivity contribution is 5.79. The zero-order chi connectivity index (χ0) is 42.5. The molecule has 10 unspecified atom stereocenters. The first-order chi connectivity index (χ1) is 27.1. The minimum Gasteiger partial charge on any atom is -0.481 e. The molecule has 330 valence electrons.